The van der Waals surface area contributed by atoms with E-state index in [1.54, 1.807) is 0 Å². The van der Waals surface area contributed by atoms with E-state index in [9.17, 15) is 4.79 Å². The SMILES string of the molecule is CC(C)[C@@H]1CC[C@@H](C)C[C@@H]1OC(=O)NN. The Hall–Kier alpha value is -0.770. The average Bonchev–Trinajstić information content (AvgIpc) is 2.17. The molecule has 1 aliphatic carbocycles. The Morgan fingerprint density at radius 2 is 2.13 bits per heavy atom. The first-order valence-corrected chi connectivity index (χ1v) is 5.71. The fourth-order valence-corrected chi connectivity index (χ4v) is 2.42. The molecule has 3 N–H and O–H groups in total. The quantitative estimate of drug-likeness (QED) is 0.420. The van der Waals surface area contributed by atoms with Gasteiger partial charge in [-0.2, -0.15) is 0 Å². The molecule has 88 valence electrons. The van der Waals surface area contributed by atoms with Gasteiger partial charge in [0.05, 0.1) is 0 Å². The van der Waals surface area contributed by atoms with E-state index in [2.05, 4.69) is 20.8 Å². The van der Waals surface area contributed by atoms with Gasteiger partial charge in [0.2, 0.25) is 0 Å². The van der Waals surface area contributed by atoms with Gasteiger partial charge in [-0.1, -0.05) is 27.2 Å². The van der Waals surface area contributed by atoms with Gasteiger partial charge in [0, 0.05) is 0 Å². The second-order valence-corrected chi connectivity index (χ2v) is 4.91. The minimum absolute atomic E-state index is 0.0253. The van der Waals surface area contributed by atoms with Gasteiger partial charge in [-0.3, -0.25) is 5.43 Å². The standard InChI is InChI=1S/C11H22N2O2/c1-7(2)9-5-4-8(3)6-10(9)15-11(14)13-12/h7-10H,4-6,12H2,1-3H3,(H,13,14)/t8-,9+,10+/m1/s1. The summed E-state index contributed by atoms with van der Waals surface area (Å²) < 4.78 is 5.31. The van der Waals surface area contributed by atoms with E-state index in [1.807, 2.05) is 5.43 Å². The normalized spacial score (nSPS) is 31.4. The lowest BCUT2D eigenvalue weighted by Crippen LogP contribution is -2.40. The molecule has 0 aromatic rings. The number of rotatable bonds is 2. The van der Waals surface area contributed by atoms with Crippen molar-refractivity contribution >= 4 is 6.09 Å². The molecule has 0 heterocycles. The molecule has 4 heteroatoms. The highest BCUT2D eigenvalue weighted by Gasteiger charge is 2.33. The van der Waals surface area contributed by atoms with E-state index in [0.717, 1.165) is 12.8 Å². The van der Waals surface area contributed by atoms with Crippen molar-refractivity contribution in [3.8, 4) is 0 Å². The van der Waals surface area contributed by atoms with Crippen molar-refractivity contribution in [2.24, 2.45) is 23.6 Å². The van der Waals surface area contributed by atoms with Gasteiger partial charge >= 0.3 is 6.09 Å². The zero-order chi connectivity index (χ0) is 11.4. The largest absolute Gasteiger partial charge is 0.445 e. The minimum atomic E-state index is -0.514. The van der Waals surface area contributed by atoms with Crippen LogP contribution in [0.3, 0.4) is 0 Å². The number of carbonyl (C=O) groups is 1. The van der Waals surface area contributed by atoms with Crippen LogP contribution in [0.25, 0.3) is 0 Å². The molecule has 1 rings (SSSR count). The Morgan fingerprint density at radius 1 is 1.47 bits per heavy atom. The topological polar surface area (TPSA) is 64.3 Å². The smallest absolute Gasteiger partial charge is 0.421 e. The first-order chi connectivity index (χ1) is 7.04. The van der Waals surface area contributed by atoms with E-state index < -0.39 is 6.09 Å². The molecule has 1 aliphatic rings. The Morgan fingerprint density at radius 3 is 2.67 bits per heavy atom. The molecule has 0 unspecified atom stereocenters. The molecular weight excluding hydrogens is 192 g/mol. The number of hydrogen-bond acceptors (Lipinski definition) is 3. The zero-order valence-electron chi connectivity index (χ0n) is 9.82. The third kappa shape index (κ3) is 3.38. The van der Waals surface area contributed by atoms with E-state index in [1.165, 1.54) is 6.42 Å². The minimum Gasteiger partial charge on any atom is -0.445 e. The molecule has 0 aromatic heterocycles. The van der Waals surface area contributed by atoms with Crippen LogP contribution < -0.4 is 11.3 Å². The Bertz CT molecular complexity index is 219. The molecule has 0 saturated heterocycles. The van der Waals surface area contributed by atoms with E-state index in [4.69, 9.17) is 10.6 Å². The van der Waals surface area contributed by atoms with Crippen molar-refractivity contribution in [1.82, 2.24) is 5.43 Å². The summed E-state index contributed by atoms with van der Waals surface area (Å²) in [5, 5.41) is 0. The monoisotopic (exact) mass is 214 g/mol. The number of carbonyl (C=O) groups excluding carboxylic acids is 1. The third-order valence-electron chi connectivity index (χ3n) is 3.34. The van der Waals surface area contributed by atoms with Gasteiger partial charge in [0.1, 0.15) is 6.10 Å². The number of nitrogens with one attached hydrogen (secondary N) is 1. The number of amides is 1. The van der Waals surface area contributed by atoms with Crippen LogP contribution in [-0.4, -0.2) is 12.2 Å². The van der Waals surface area contributed by atoms with Gasteiger partial charge in [-0.05, 0) is 30.6 Å². The molecule has 4 nitrogen and oxygen atoms in total. The van der Waals surface area contributed by atoms with Crippen LogP contribution in [0.1, 0.15) is 40.0 Å². The molecule has 0 aliphatic heterocycles. The van der Waals surface area contributed by atoms with Crippen LogP contribution in [0.4, 0.5) is 4.79 Å². The maximum absolute atomic E-state index is 11.1. The van der Waals surface area contributed by atoms with Crippen molar-refractivity contribution in [3.63, 3.8) is 0 Å². The molecule has 3 atom stereocenters. The maximum atomic E-state index is 11.1. The van der Waals surface area contributed by atoms with Crippen LogP contribution in [0, 0.1) is 17.8 Å². The van der Waals surface area contributed by atoms with E-state index in [-0.39, 0.29) is 6.10 Å². The first kappa shape index (κ1) is 12.3. The average molecular weight is 214 g/mol. The van der Waals surface area contributed by atoms with Crippen molar-refractivity contribution in [3.05, 3.63) is 0 Å². The van der Waals surface area contributed by atoms with Crippen molar-refractivity contribution < 1.29 is 9.53 Å². The lowest BCUT2D eigenvalue weighted by Gasteiger charge is -2.36. The summed E-state index contributed by atoms with van der Waals surface area (Å²) in [5.41, 5.74) is 2.03. The van der Waals surface area contributed by atoms with Crippen molar-refractivity contribution in [2.75, 3.05) is 0 Å². The molecule has 0 spiro atoms. The molecule has 15 heavy (non-hydrogen) atoms. The van der Waals surface area contributed by atoms with Crippen LogP contribution in [0.15, 0.2) is 0 Å². The van der Waals surface area contributed by atoms with Gasteiger partial charge in [-0.25, -0.2) is 10.6 Å². The van der Waals surface area contributed by atoms with Crippen LogP contribution in [0.2, 0.25) is 0 Å². The first-order valence-electron chi connectivity index (χ1n) is 5.71. The summed E-state index contributed by atoms with van der Waals surface area (Å²) in [6.07, 6.45) is 2.84. The second-order valence-electron chi connectivity index (χ2n) is 4.91. The van der Waals surface area contributed by atoms with Crippen LogP contribution in [0.5, 0.6) is 0 Å². The van der Waals surface area contributed by atoms with E-state index in [0.29, 0.717) is 17.8 Å². The van der Waals surface area contributed by atoms with Gasteiger partial charge in [-0.15, -0.1) is 0 Å². The predicted octanol–water partition coefficient (Wildman–Crippen LogP) is 2.05. The number of ether oxygens (including phenoxy) is 1. The Kier molecular flexibility index (Phi) is 4.39. The Labute approximate surface area is 91.5 Å². The highest BCUT2D eigenvalue weighted by Crippen LogP contribution is 2.35. The van der Waals surface area contributed by atoms with Crippen molar-refractivity contribution in [1.29, 1.82) is 0 Å². The summed E-state index contributed by atoms with van der Waals surface area (Å²) in [7, 11) is 0. The highest BCUT2D eigenvalue weighted by molar-refractivity contribution is 5.66. The summed E-state index contributed by atoms with van der Waals surface area (Å²) in [6, 6.07) is 0. The molecule has 1 fully saturated rings. The molecule has 0 bridgehead atoms. The Balaban J connectivity index is 2.57. The highest BCUT2D eigenvalue weighted by atomic mass is 16.6. The summed E-state index contributed by atoms with van der Waals surface area (Å²) >= 11 is 0. The van der Waals surface area contributed by atoms with Gasteiger partial charge < -0.3 is 4.74 Å². The van der Waals surface area contributed by atoms with Gasteiger partial charge in [0.25, 0.3) is 0 Å². The van der Waals surface area contributed by atoms with Crippen LogP contribution in [-0.2, 0) is 4.74 Å². The molecule has 0 aromatic carbocycles. The number of hydrazine groups is 1. The summed E-state index contributed by atoms with van der Waals surface area (Å²) in [5.74, 6) is 6.68. The second kappa shape index (κ2) is 5.35. The molecule has 1 amide bonds. The number of hydrogen-bond donors (Lipinski definition) is 2. The molecule has 0 radical (unpaired) electrons. The molecular formula is C11H22N2O2. The maximum Gasteiger partial charge on any atom is 0.421 e. The lowest BCUT2D eigenvalue weighted by molar-refractivity contribution is 0.00622. The summed E-state index contributed by atoms with van der Waals surface area (Å²) in [4.78, 5) is 11.1. The fourth-order valence-electron chi connectivity index (χ4n) is 2.42. The lowest BCUT2D eigenvalue weighted by atomic mass is 9.75. The predicted molar refractivity (Wildman–Crippen MR) is 58.9 cm³/mol. The van der Waals surface area contributed by atoms with Crippen molar-refractivity contribution in [2.45, 2.75) is 46.1 Å². The van der Waals surface area contributed by atoms with Crippen LogP contribution >= 0.6 is 0 Å². The van der Waals surface area contributed by atoms with Gasteiger partial charge in [0.15, 0.2) is 0 Å². The fraction of sp³-hybridized carbons (Fsp3) is 0.909. The summed E-state index contributed by atoms with van der Waals surface area (Å²) in [6.45, 7) is 6.56. The van der Waals surface area contributed by atoms with E-state index >= 15 is 0 Å². The molecule has 1 saturated carbocycles. The number of nitrogens with two attached hydrogens (primary N) is 1. The zero-order valence-corrected chi connectivity index (χ0v) is 9.82. The third-order valence-corrected chi connectivity index (χ3v) is 3.34.